The van der Waals surface area contributed by atoms with E-state index in [-0.39, 0.29) is 5.91 Å². The number of benzene rings is 2. The highest BCUT2D eigenvalue weighted by molar-refractivity contribution is 5.94. The number of rotatable bonds is 8. The average Bonchev–Trinajstić information content (AvgIpc) is 3.21. The fourth-order valence-electron chi connectivity index (χ4n) is 2.99. The Morgan fingerprint density at radius 2 is 1.96 bits per heavy atom. The summed E-state index contributed by atoms with van der Waals surface area (Å²) in [6.07, 6.45) is 7.07. The van der Waals surface area contributed by atoms with Crippen LogP contribution in [-0.2, 0) is 13.0 Å². The maximum Gasteiger partial charge on any atom is 0.251 e. The molecule has 3 rings (SSSR count). The lowest BCUT2D eigenvalue weighted by molar-refractivity contribution is 0.0952. The van der Waals surface area contributed by atoms with Gasteiger partial charge in [-0.25, -0.2) is 4.98 Å². The molecule has 0 fully saturated rings. The van der Waals surface area contributed by atoms with E-state index in [9.17, 15) is 4.79 Å². The third-order valence-corrected chi connectivity index (χ3v) is 4.64. The third kappa shape index (κ3) is 5.17. The minimum absolute atomic E-state index is 0.0350. The van der Waals surface area contributed by atoms with Crippen LogP contribution in [0.25, 0.3) is 5.57 Å². The molecule has 0 saturated heterocycles. The van der Waals surface area contributed by atoms with Crippen LogP contribution in [0.5, 0.6) is 0 Å². The van der Waals surface area contributed by atoms with Gasteiger partial charge in [0.15, 0.2) is 0 Å². The summed E-state index contributed by atoms with van der Waals surface area (Å²) in [6.45, 7) is 7.76. The van der Waals surface area contributed by atoms with E-state index in [1.807, 2.05) is 47.2 Å². The first-order chi connectivity index (χ1) is 13.1. The van der Waals surface area contributed by atoms with Gasteiger partial charge in [-0.2, -0.15) is 0 Å². The highest BCUT2D eigenvalue weighted by Gasteiger charge is 2.09. The number of hydrogen-bond donors (Lipinski definition) is 1. The van der Waals surface area contributed by atoms with Crippen molar-refractivity contribution >= 4 is 11.5 Å². The number of nitrogens with zero attached hydrogens (tertiary/aromatic N) is 2. The van der Waals surface area contributed by atoms with Crippen molar-refractivity contribution in [1.29, 1.82) is 0 Å². The summed E-state index contributed by atoms with van der Waals surface area (Å²) in [4.78, 5) is 16.5. The lowest BCUT2D eigenvalue weighted by Gasteiger charge is -2.12. The first kappa shape index (κ1) is 18.6. The Morgan fingerprint density at radius 1 is 1.15 bits per heavy atom. The fourth-order valence-corrected chi connectivity index (χ4v) is 2.99. The maximum atomic E-state index is 12.5. The molecule has 3 aromatic rings. The van der Waals surface area contributed by atoms with E-state index >= 15 is 0 Å². The van der Waals surface area contributed by atoms with Crippen molar-refractivity contribution in [3.63, 3.8) is 0 Å². The largest absolute Gasteiger partial charge is 0.352 e. The van der Waals surface area contributed by atoms with E-state index in [2.05, 4.69) is 35.9 Å². The summed E-state index contributed by atoms with van der Waals surface area (Å²) in [7, 11) is 0. The van der Waals surface area contributed by atoms with E-state index in [4.69, 9.17) is 0 Å². The van der Waals surface area contributed by atoms with Gasteiger partial charge in [-0.3, -0.25) is 4.79 Å². The zero-order chi connectivity index (χ0) is 19.1. The zero-order valence-electron chi connectivity index (χ0n) is 15.7. The molecule has 1 N–H and O–H groups in total. The van der Waals surface area contributed by atoms with Gasteiger partial charge < -0.3 is 9.88 Å². The van der Waals surface area contributed by atoms with Crippen molar-refractivity contribution in [2.24, 2.45) is 0 Å². The van der Waals surface area contributed by atoms with Crippen molar-refractivity contribution < 1.29 is 4.79 Å². The van der Waals surface area contributed by atoms with Crippen molar-refractivity contribution in [3.8, 4) is 0 Å². The number of hydrogen-bond acceptors (Lipinski definition) is 2. The summed E-state index contributed by atoms with van der Waals surface area (Å²) < 4.78 is 2.01. The second-order valence-electron chi connectivity index (χ2n) is 6.70. The van der Waals surface area contributed by atoms with Gasteiger partial charge in [-0.15, -0.1) is 0 Å². The Hall–Kier alpha value is -3.14. The topological polar surface area (TPSA) is 46.9 Å². The molecule has 0 spiro atoms. The molecule has 0 aliphatic heterocycles. The summed E-state index contributed by atoms with van der Waals surface area (Å²) in [6, 6.07) is 16.0. The Morgan fingerprint density at radius 3 is 2.70 bits per heavy atom. The second kappa shape index (κ2) is 8.99. The Kier molecular flexibility index (Phi) is 6.21. The van der Waals surface area contributed by atoms with Crippen LogP contribution in [0.4, 0.5) is 0 Å². The number of nitrogens with one attached hydrogen (secondary N) is 1. The molecule has 1 heterocycles. The van der Waals surface area contributed by atoms with Crippen molar-refractivity contribution in [2.45, 2.75) is 26.3 Å². The van der Waals surface area contributed by atoms with Crippen molar-refractivity contribution in [3.05, 3.63) is 96.1 Å². The van der Waals surface area contributed by atoms with Crippen molar-refractivity contribution in [2.75, 3.05) is 6.54 Å². The van der Waals surface area contributed by atoms with E-state index < -0.39 is 0 Å². The molecule has 1 amide bonds. The number of aryl methyl sites for hydroxylation is 2. The van der Waals surface area contributed by atoms with E-state index in [1.165, 1.54) is 5.56 Å². The molecule has 0 radical (unpaired) electrons. The molecule has 0 saturated carbocycles. The predicted octanol–water partition coefficient (Wildman–Crippen LogP) is 4.27. The number of allylic oxidation sites excluding steroid dienone is 1. The summed E-state index contributed by atoms with van der Waals surface area (Å²) in [5.41, 5.74) is 5.18. The molecule has 0 bridgehead atoms. The zero-order valence-corrected chi connectivity index (χ0v) is 15.7. The normalized spacial score (nSPS) is 10.6. The van der Waals surface area contributed by atoms with E-state index in [0.29, 0.717) is 12.1 Å². The highest BCUT2D eigenvalue weighted by atomic mass is 16.1. The molecule has 4 heteroatoms. The van der Waals surface area contributed by atoms with E-state index in [0.717, 1.165) is 36.1 Å². The van der Waals surface area contributed by atoms with Gasteiger partial charge >= 0.3 is 0 Å². The quantitative estimate of drug-likeness (QED) is 0.611. The SMILES string of the molecule is C=C(Cc1cc(C(=O)NCCCn2ccnc2)ccc1C)c1ccccc1. The van der Waals surface area contributed by atoms with Gasteiger partial charge in [0.05, 0.1) is 6.33 Å². The van der Waals surface area contributed by atoms with Crippen LogP contribution >= 0.6 is 0 Å². The molecule has 0 atom stereocenters. The number of amides is 1. The molecule has 0 aliphatic rings. The molecule has 138 valence electrons. The Labute approximate surface area is 160 Å². The van der Waals surface area contributed by atoms with Crippen LogP contribution in [0, 0.1) is 6.92 Å². The summed E-state index contributed by atoms with van der Waals surface area (Å²) >= 11 is 0. The van der Waals surface area contributed by atoms with Gasteiger partial charge in [-0.05, 0) is 54.2 Å². The van der Waals surface area contributed by atoms with Crippen LogP contribution < -0.4 is 5.32 Å². The first-order valence-electron chi connectivity index (χ1n) is 9.20. The third-order valence-electron chi connectivity index (χ3n) is 4.64. The van der Waals surface area contributed by atoms with Gasteiger partial charge in [-0.1, -0.05) is 43.0 Å². The van der Waals surface area contributed by atoms with Crippen LogP contribution in [0.3, 0.4) is 0 Å². The highest BCUT2D eigenvalue weighted by Crippen LogP contribution is 2.21. The van der Waals surface area contributed by atoms with Crippen molar-refractivity contribution in [1.82, 2.24) is 14.9 Å². The van der Waals surface area contributed by atoms with Gasteiger partial charge in [0.2, 0.25) is 0 Å². The summed E-state index contributed by atoms with van der Waals surface area (Å²) in [5, 5.41) is 3.00. The molecule has 4 nitrogen and oxygen atoms in total. The Bertz CT molecular complexity index is 899. The van der Waals surface area contributed by atoms with Gasteiger partial charge in [0.1, 0.15) is 0 Å². The first-order valence-corrected chi connectivity index (χ1v) is 9.20. The minimum Gasteiger partial charge on any atom is -0.352 e. The molecule has 1 aromatic heterocycles. The lowest BCUT2D eigenvalue weighted by atomic mass is 9.95. The Balaban J connectivity index is 1.58. The number of imidazole rings is 1. The van der Waals surface area contributed by atoms with Crippen LogP contribution in [0.2, 0.25) is 0 Å². The van der Waals surface area contributed by atoms with Gasteiger partial charge in [0, 0.05) is 31.0 Å². The van der Waals surface area contributed by atoms with Gasteiger partial charge in [0.25, 0.3) is 5.91 Å². The predicted molar refractivity (Wildman–Crippen MR) is 110 cm³/mol. The fraction of sp³-hybridized carbons (Fsp3) is 0.217. The van der Waals surface area contributed by atoms with E-state index in [1.54, 1.807) is 12.5 Å². The molecule has 0 aliphatic carbocycles. The smallest absolute Gasteiger partial charge is 0.251 e. The van der Waals surface area contributed by atoms with Crippen LogP contribution in [0.1, 0.15) is 33.5 Å². The number of carbonyl (C=O) groups is 1. The standard InChI is InChI=1S/C23H25N3O/c1-18-9-10-21(23(27)25-11-6-13-26-14-12-24-17-26)16-22(18)15-19(2)20-7-4-3-5-8-20/h3-5,7-10,12,14,16-17H,2,6,11,13,15H2,1H3,(H,25,27). The second-order valence-corrected chi connectivity index (χ2v) is 6.70. The molecule has 2 aromatic carbocycles. The average molecular weight is 359 g/mol. The number of carbonyl (C=O) groups excluding carboxylic acids is 1. The van der Waals surface area contributed by atoms with Crippen LogP contribution in [-0.4, -0.2) is 22.0 Å². The van der Waals surface area contributed by atoms with Crippen LogP contribution in [0.15, 0.2) is 73.8 Å². The minimum atomic E-state index is -0.0350. The summed E-state index contributed by atoms with van der Waals surface area (Å²) in [5.74, 6) is -0.0350. The molecule has 0 unspecified atom stereocenters. The molecular formula is C23H25N3O. The lowest BCUT2D eigenvalue weighted by Crippen LogP contribution is -2.25. The number of aromatic nitrogens is 2. The maximum absolute atomic E-state index is 12.5. The monoisotopic (exact) mass is 359 g/mol. The molecular weight excluding hydrogens is 334 g/mol. The molecule has 27 heavy (non-hydrogen) atoms.